The zero-order valence-corrected chi connectivity index (χ0v) is 7.25. The van der Waals surface area contributed by atoms with Crippen LogP contribution in [0.1, 0.15) is 36.0 Å². The van der Waals surface area contributed by atoms with E-state index in [0.717, 1.165) is 11.5 Å². The van der Waals surface area contributed by atoms with E-state index >= 15 is 0 Å². The first-order valence-electron chi connectivity index (χ1n) is 4.34. The van der Waals surface area contributed by atoms with Gasteiger partial charge >= 0.3 is 0 Å². The summed E-state index contributed by atoms with van der Waals surface area (Å²) in [4.78, 5) is 8.60. The van der Waals surface area contributed by atoms with E-state index in [1.165, 1.54) is 18.5 Å². The molecule has 1 saturated carbocycles. The number of aryl methyl sites for hydroxylation is 1. The van der Waals surface area contributed by atoms with Crippen LogP contribution < -0.4 is 5.73 Å². The normalized spacial score (nSPS) is 16.5. The molecule has 0 aromatic carbocycles. The van der Waals surface area contributed by atoms with Crippen molar-refractivity contribution in [3.05, 3.63) is 23.3 Å². The smallest absolute Gasteiger partial charge is 0.125 e. The Morgan fingerprint density at radius 1 is 1.50 bits per heavy atom. The first kappa shape index (κ1) is 7.68. The molecule has 2 rings (SSSR count). The van der Waals surface area contributed by atoms with Crippen LogP contribution in [0.2, 0.25) is 0 Å². The zero-order valence-electron chi connectivity index (χ0n) is 7.25. The number of nitrogens with zero attached hydrogens (tertiary/aromatic N) is 2. The molecule has 1 aliphatic rings. The highest BCUT2D eigenvalue weighted by Crippen LogP contribution is 2.38. The molecule has 1 aromatic rings. The number of aromatic nitrogens is 2. The van der Waals surface area contributed by atoms with Gasteiger partial charge in [0.05, 0.1) is 5.69 Å². The maximum Gasteiger partial charge on any atom is 0.125 e. The van der Waals surface area contributed by atoms with E-state index < -0.39 is 0 Å². The van der Waals surface area contributed by atoms with E-state index in [9.17, 15) is 0 Å². The van der Waals surface area contributed by atoms with Gasteiger partial charge in [0.1, 0.15) is 5.82 Å². The van der Waals surface area contributed by atoms with Gasteiger partial charge in [-0.2, -0.15) is 0 Å². The Morgan fingerprint density at radius 2 is 2.25 bits per heavy atom. The molecule has 1 fully saturated rings. The van der Waals surface area contributed by atoms with E-state index in [1.807, 2.05) is 13.0 Å². The van der Waals surface area contributed by atoms with Crippen molar-refractivity contribution in [3.8, 4) is 0 Å². The summed E-state index contributed by atoms with van der Waals surface area (Å²) >= 11 is 0. The molecule has 12 heavy (non-hydrogen) atoms. The molecule has 0 bridgehead atoms. The fourth-order valence-electron chi connectivity index (χ4n) is 1.35. The maximum atomic E-state index is 5.52. The van der Waals surface area contributed by atoms with Crippen molar-refractivity contribution in [1.29, 1.82) is 0 Å². The quantitative estimate of drug-likeness (QED) is 0.710. The summed E-state index contributed by atoms with van der Waals surface area (Å²) in [5.74, 6) is 1.54. The molecule has 1 aliphatic carbocycles. The van der Waals surface area contributed by atoms with Gasteiger partial charge in [-0.3, -0.25) is 0 Å². The van der Waals surface area contributed by atoms with Crippen LogP contribution in [0.4, 0.5) is 0 Å². The van der Waals surface area contributed by atoms with Crippen molar-refractivity contribution >= 4 is 0 Å². The lowest BCUT2D eigenvalue weighted by atomic mass is 10.2. The van der Waals surface area contributed by atoms with Crippen molar-refractivity contribution in [2.45, 2.75) is 32.2 Å². The third kappa shape index (κ3) is 1.46. The summed E-state index contributed by atoms with van der Waals surface area (Å²) in [6.45, 7) is 2.44. The van der Waals surface area contributed by atoms with Crippen molar-refractivity contribution in [2.24, 2.45) is 5.73 Å². The van der Waals surface area contributed by atoms with Crippen LogP contribution in [0.15, 0.2) is 6.07 Å². The Hall–Kier alpha value is -0.960. The van der Waals surface area contributed by atoms with Crippen molar-refractivity contribution in [1.82, 2.24) is 9.97 Å². The Bertz CT molecular complexity index is 292. The van der Waals surface area contributed by atoms with Gasteiger partial charge in [-0.25, -0.2) is 9.97 Å². The van der Waals surface area contributed by atoms with Crippen molar-refractivity contribution in [2.75, 3.05) is 0 Å². The summed E-state index contributed by atoms with van der Waals surface area (Å²) < 4.78 is 0. The molecule has 64 valence electrons. The minimum atomic E-state index is 0.517. The highest BCUT2D eigenvalue weighted by atomic mass is 14.9. The largest absolute Gasteiger partial charge is 0.325 e. The second-order valence-corrected chi connectivity index (χ2v) is 3.31. The van der Waals surface area contributed by atoms with Crippen LogP contribution in [0, 0.1) is 6.92 Å². The molecule has 0 unspecified atom stereocenters. The Balaban J connectivity index is 2.34. The van der Waals surface area contributed by atoms with Crippen LogP contribution in [0.25, 0.3) is 0 Å². The third-order valence-electron chi connectivity index (χ3n) is 2.12. The average molecular weight is 163 g/mol. The fourth-order valence-corrected chi connectivity index (χ4v) is 1.35. The molecule has 3 heteroatoms. The molecular formula is C9H13N3. The van der Waals surface area contributed by atoms with Crippen LogP contribution in [0.3, 0.4) is 0 Å². The Kier molecular flexibility index (Phi) is 1.81. The first-order valence-corrected chi connectivity index (χ1v) is 4.34. The van der Waals surface area contributed by atoms with E-state index in [2.05, 4.69) is 9.97 Å². The van der Waals surface area contributed by atoms with Crippen molar-refractivity contribution in [3.63, 3.8) is 0 Å². The summed E-state index contributed by atoms with van der Waals surface area (Å²) in [5.41, 5.74) is 7.66. The van der Waals surface area contributed by atoms with Gasteiger partial charge in [0.15, 0.2) is 0 Å². The maximum absolute atomic E-state index is 5.52. The molecule has 0 saturated heterocycles. The summed E-state index contributed by atoms with van der Waals surface area (Å²) in [6.07, 6.45) is 2.56. The number of hydrogen-bond acceptors (Lipinski definition) is 3. The molecular weight excluding hydrogens is 150 g/mol. The molecule has 0 radical (unpaired) electrons. The molecule has 0 aliphatic heterocycles. The van der Waals surface area contributed by atoms with Gasteiger partial charge in [-0.15, -0.1) is 0 Å². The lowest BCUT2D eigenvalue weighted by Gasteiger charge is -2.02. The second-order valence-electron chi connectivity index (χ2n) is 3.31. The predicted molar refractivity (Wildman–Crippen MR) is 46.6 cm³/mol. The van der Waals surface area contributed by atoms with Gasteiger partial charge in [0.25, 0.3) is 0 Å². The highest BCUT2D eigenvalue weighted by molar-refractivity contribution is 5.18. The molecule has 1 heterocycles. The van der Waals surface area contributed by atoms with Gasteiger partial charge < -0.3 is 5.73 Å². The fraction of sp³-hybridized carbons (Fsp3) is 0.556. The van der Waals surface area contributed by atoms with Gasteiger partial charge in [-0.05, 0) is 25.8 Å². The molecule has 2 N–H and O–H groups in total. The minimum absolute atomic E-state index is 0.517. The summed E-state index contributed by atoms with van der Waals surface area (Å²) in [5, 5.41) is 0. The topological polar surface area (TPSA) is 51.8 Å². The molecule has 0 spiro atoms. The first-order chi connectivity index (χ1) is 5.79. The van der Waals surface area contributed by atoms with Crippen LogP contribution in [-0.4, -0.2) is 9.97 Å². The van der Waals surface area contributed by atoms with E-state index in [0.29, 0.717) is 12.5 Å². The van der Waals surface area contributed by atoms with Gasteiger partial charge in [-0.1, -0.05) is 0 Å². The number of rotatable bonds is 2. The number of nitrogens with two attached hydrogens (primary N) is 1. The van der Waals surface area contributed by atoms with Crippen LogP contribution in [0.5, 0.6) is 0 Å². The van der Waals surface area contributed by atoms with Crippen LogP contribution >= 0.6 is 0 Å². The second kappa shape index (κ2) is 2.83. The monoisotopic (exact) mass is 163 g/mol. The summed E-state index contributed by atoms with van der Waals surface area (Å²) in [6, 6.07) is 2.03. The Labute approximate surface area is 72.0 Å². The van der Waals surface area contributed by atoms with Gasteiger partial charge in [0.2, 0.25) is 0 Å². The molecule has 0 amide bonds. The molecule has 0 atom stereocenters. The molecule has 3 nitrogen and oxygen atoms in total. The SMILES string of the molecule is Cc1nc(CN)cc(C2CC2)n1. The zero-order chi connectivity index (χ0) is 8.55. The predicted octanol–water partition coefficient (Wildman–Crippen LogP) is 1.12. The van der Waals surface area contributed by atoms with E-state index in [4.69, 9.17) is 5.73 Å². The van der Waals surface area contributed by atoms with Crippen molar-refractivity contribution < 1.29 is 0 Å². The summed E-state index contributed by atoms with van der Waals surface area (Å²) in [7, 11) is 0. The van der Waals surface area contributed by atoms with Crippen LogP contribution in [-0.2, 0) is 6.54 Å². The minimum Gasteiger partial charge on any atom is -0.325 e. The van der Waals surface area contributed by atoms with E-state index in [1.54, 1.807) is 0 Å². The number of hydrogen-bond donors (Lipinski definition) is 1. The Morgan fingerprint density at radius 3 is 2.83 bits per heavy atom. The highest BCUT2D eigenvalue weighted by Gasteiger charge is 2.25. The third-order valence-corrected chi connectivity index (χ3v) is 2.12. The lowest BCUT2D eigenvalue weighted by molar-refractivity contribution is 0.876. The standard InChI is InChI=1S/C9H13N3/c1-6-11-8(5-10)4-9(12-6)7-2-3-7/h4,7H,2-3,5,10H2,1H3. The van der Waals surface area contributed by atoms with Gasteiger partial charge in [0, 0.05) is 18.2 Å². The lowest BCUT2D eigenvalue weighted by Crippen LogP contribution is -2.04. The van der Waals surface area contributed by atoms with E-state index in [-0.39, 0.29) is 0 Å². The molecule has 1 aromatic heterocycles. The average Bonchev–Trinajstić information content (AvgIpc) is 2.85.